The first-order valence-electron chi connectivity index (χ1n) is 5.94. The smallest absolute Gasteiger partial charge is 0.233 e. The number of hydrogen-bond donors (Lipinski definition) is 2. The first-order chi connectivity index (χ1) is 9.15. The number of hydrazine groups is 1. The van der Waals surface area contributed by atoms with E-state index in [0.717, 1.165) is 5.56 Å². The summed E-state index contributed by atoms with van der Waals surface area (Å²) in [6, 6.07) is 3.59. The third-order valence-electron chi connectivity index (χ3n) is 2.81. The monoisotopic (exact) mass is 268 g/mol. The molecule has 0 spiro atoms. The Hall–Kier alpha value is -1.95. The lowest BCUT2D eigenvalue weighted by Gasteiger charge is -2.14. The average Bonchev–Trinajstić information content (AvgIpc) is 2.46. The van der Waals surface area contributed by atoms with Gasteiger partial charge in [-0.1, -0.05) is 0 Å². The molecule has 0 radical (unpaired) electrons. The summed E-state index contributed by atoms with van der Waals surface area (Å²) >= 11 is 0. The molecule has 1 aromatic carbocycles. The minimum atomic E-state index is -0.188. The van der Waals surface area contributed by atoms with E-state index in [1.54, 1.807) is 33.5 Å². The van der Waals surface area contributed by atoms with Crippen LogP contribution in [0.25, 0.3) is 0 Å². The Labute approximate surface area is 112 Å². The lowest BCUT2D eigenvalue weighted by Crippen LogP contribution is -2.29. The van der Waals surface area contributed by atoms with Crippen LogP contribution in [0.2, 0.25) is 0 Å². The summed E-state index contributed by atoms with van der Waals surface area (Å²) < 4.78 is 15.8. The Bertz CT molecular complexity index is 410. The third kappa shape index (κ3) is 4.03. The molecule has 0 bridgehead atoms. The molecule has 0 aliphatic heterocycles. The number of carbonyl (C=O) groups is 1. The van der Waals surface area contributed by atoms with E-state index in [1.807, 2.05) is 0 Å². The molecule has 0 saturated heterocycles. The highest BCUT2D eigenvalue weighted by atomic mass is 16.5. The van der Waals surface area contributed by atoms with E-state index in [9.17, 15) is 4.79 Å². The van der Waals surface area contributed by atoms with Gasteiger partial charge in [0.05, 0.1) is 21.3 Å². The molecule has 1 rings (SSSR count). The average molecular weight is 268 g/mol. The molecule has 3 N–H and O–H groups in total. The molecule has 1 aromatic rings. The molecule has 0 aliphatic rings. The molecule has 106 valence electrons. The van der Waals surface area contributed by atoms with Gasteiger partial charge in [-0.3, -0.25) is 10.2 Å². The molecule has 19 heavy (non-hydrogen) atoms. The maximum Gasteiger partial charge on any atom is 0.233 e. The van der Waals surface area contributed by atoms with Crippen molar-refractivity contribution in [1.29, 1.82) is 0 Å². The molecule has 6 nitrogen and oxygen atoms in total. The van der Waals surface area contributed by atoms with Gasteiger partial charge in [0.2, 0.25) is 5.91 Å². The molecule has 0 heterocycles. The van der Waals surface area contributed by atoms with E-state index in [2.05, 4.69) is 5.43 Å². The Kier molecular flexibility index (Phi) is 5.95. The van der Waals surface area contributed by atoms with Gasteiger partial charge >= 0.3 is 0 Å². The highest BCUT2D eigenvalue weighted by Crippen LogP contribution is 2.34. The Morgan fingerprint density at radius 1 is 1.16 bits per heavy atom. The SMILES string of the molecule is COc1cc(OC)c(CCCC(=O)NN)c(OC)c1. The van der Waals surface area contributed by atoms with Gasteiger partial charge in [-0.2, -0.15) is 0 Å². The molecule has 6 heteroatoms. The fraction of sp³-hybridized carbons (Fsp3) is 0.462. The largest absolute Gasteiger partial charge is 0.496 e. The van der Waals surface area contributed by atoms with Crippen LogP contribution in [0.3, 0.4) is 0 Å². The highest BCUT2D eigenvalue weighted by molar-refractivity contribution is 5.75. The first kappa shape index (κ1) is 15.1. The molecule has 0 unspecified atom stereocenters. The molecule has 0 aliphatic carbocycles. The van der Waals surface area contributed by atoms with Crippen LogP contribution in [-0.4, -0.2) is 27.2 Å². The summed E-state index contributed by atoms with van der Waals surface area (Å²) in [5.41, 5.74) is 3.02. The van der Waals surface area contributed by atoms with E-state index in [0.29, 0.717) is 36.5 Å². The van der Waals surface area contributed by atoms with Crippen molar-refractivity contribution in [3.05, 3.63) is 17.7 Å². The van der Waals surface area contributed by atoms with Crippen LogP contribution >= 0.6 is 0 Å². The maximum absolute atomic E-state index is 11.1. The summed E-state index contributed by atoms with van der Waals surface area (Å²) in [6.45, 7) is 0. The topological polar surface area (TPSA) is 82.8 Å². The standard InChI is InChI=1S/C13H20N2O4/c1-17-9-7-11(18-2)10(12(8-9)19-3)5-4-6-13(16)15-14/h7-8H,4-6,14H2,1-3H3,(H,15,16). The predicted octanol–water partition coefficient (Wildman–Crippen LogP) is 1.02. The number of methoxy groups -OCH3 is 3. The quantitative estimate of drug-likeness (QED) is 0.438. The van der Waals surface area contributed by atoms with Crippen molar-refractivity contribution in [2.45, 2.75) is 19.3 Å². The highest BCUT2D eigenvalue weighted by Gasteiger charge is 2.13. The number of nitrogens with one attached hydrogen (secondary N) is 1. The zero-order valence-electron chi connectivity index (χ0n) is 11.5. The number of ether oxygens (including phenoxy) is 3. The van der Waals surface area contributed by atoms with Gasteiger partial charge < -0.3 is 14.2 Å². The van der Waals surface area contributed by atoms with Crippen molar-refractivity contribution in [3.63, 3.8) is 0 Å². The van der Waals surface area contributed by atoms with E-state index < -0.39 is 0 Å². The number of rotatable bonds is 7. The molecule has 0 atom stereocenters. The third-order valence-corrected chi connectivity index (χ3v) is 2.81. The second-order valence-electron chi connectivity index (χ2n) is 3.93. The number of amides is 1. The van der Waals surface area contributed by atoms with Crippen LogP contribution in [0, 0.1) is 0 Å². The zero-order chi connectivity index (χ0) is 14.3. The second-order valence-corrected chi connectivity index (χ2v) is 3.93. The van der Waals surface area contributed by atoms with E-state index in [1.165, 1.54) is 0 Å². The van der Waals surface area contributed by atoms with Crippen molar-refractivity contribution in [2.24, 2.45) is 5.84 Å². The summed E-state index contributed by atoms with van der Waals surface area (Å²) in [6.07, 6.45) is 1.67. The van der Waals surface area contributed by atoms with Gasteiger partial charge in [-0.05, 0) is 12.8 Å². The van der Waals surface area contributed by atoms with Gasteiger partial charge in [0.25, 0.3) is 0 Å². The summed E-state index contributed by atoms with van der Waals surface area (Å²) in [5.74, 6) is 6.88. The van der Waals surface area contributed by atoms with E-state index in [4.69, 9.17) is 20.1 Å². The van der Waals surface area contributed by atoms with Crippen LogP contribution in [0.4, 0.5) is 0 Å². The van der Waals surface area contributed by atoms with Crippen LogP contribution in [0.1, 0.15) is 18.4 Å². The zero-order valence-corrected chi connectivity index (χ0v) is 11.5. The van der Waals surface area contributed by atoms with Crippen molar-refractivity contribution >= 4 is 5.91 Å². The van der Waals surface area contributed by atoms with Gasteiger partial charge in [0, 0.05) is 24.1 Å². The van der Waals surface area contributed by atoms with Gasteiger partial charge in [-0.25, -0.2) is 5.84 Å². The molecule has 1 amide bonds. The minimum absolute atomic E-state index is 0.188. The second kappa shape index (κ2) is 7.48. The molecule has 0 saturated carbocycles. The van der Waals surface area contributed by atoms with Crippen molar-refractivity contribution < 1.29 is 19.0 Å². The number of carbonyl (C=O) groups excluding carboxylic acids is 1. The molecule has 0 aromatic heterocycles. The Morgan fingerprint density at radius 3 is 2.16 bits per heavy atom. The number of benzene rings is 1. The summed E-state index contributed by atoms with van der Waals surface area (Å²) in [7, 11) is 4.76. The van der Waals surface area contributed by atoms with Gasteiger partial charge in [0.15, 0.2) is 0 Å². The Balaban J connectivity index is 2.88. The van der Waals surface area contributed by atoms with Crippen LogP contribution in [-0.2, 0) is 11.2 Å². The Morgan fingerprint density at radius 2 is 1.74 bits per heavy atom. The lowest BCUT2D eigenvalue weighted by atomic mass is 10.0. The van der Waals surface area contributed by atoms with E-state index >= 15 is 0 Å². The molecule has 0 fully saturated rings. The van der Waals surface area contributed by atoms with Crippen LogP contribution in [0.15, 0.2) is 12.1 Å². The summed E-state index contributed by atoms with van der Waals surface area (Å²) in [5, 5.41) is 0. The van der Waals surface area contributed by atoms with Crippen LogP contribution < -0.4 is 25.5 Å². The van der Waals surface area contributed by atoms with Gasteiger partial charge in [-0.15, -0.1) is 0 Å². The predicted molar refractivity (Wildman–Crippen MR) is 71.4 cm³/mol. The normalized spacial score (nSPS) is 9.89. The maximum atomic E-state index is 11.1. The van der Waals surface area contributed by atoms with Crippen molar-refractivity contribution in [3.8, 4) is 17.2 Å². The summed E-state index contributed by atoms with van der Waals surface area (Å²) in [4.78, 5) is 11.1. The molecular formula is C13H20N2O4. The molecular weight excluding hydrogens is 248 g/mol. The fourth-order valence-electron chi connectivity index (χ4n) is 1.82. The fourth-order valence-corrected chi connectivity index (χ4v) is 1.82. The van der Waals surface area contributed by atoms with E-state index in [-0.39, 0.29) is 5.91 Å². The van der Waals surface area contributed by atoms with Crippen molar-refractivity contribution in [1.82, 2.24) is 5.43 Å². The number of nitrogens with two attached hydrogens (primary N) is 1. The van der Waals surface area contributed by atoms with Crippen molar-refractivity contribution in [2.75, 3.05) is 21.3 Å². The first-order valence-corrected chi connectivity index (χ1v) is 5.94. The number of hydrogen-bond acceptors (Lipinski definition) is 5. The minimum Gasteiger partial charge on any atom is -0.496 e. The lowest BCUT2D eigenvalue weighted by molar-refractivity contribution is -0.121. The van der Waals surface area contributed by atoms with Crippen LogP contribution in [0.5, 0.6) is 17.2 Å². The van der Waals surface area contributed by atoms with Gasteiger partial charge in [0.1, 0.15) is 17.2 Å².